The number of sulfonamides is 1. The quantitative estimate of drug-likeness (QED) is 0.622. The van der Waals surface area contributed by atoms with Gasteiger partial charge in [0.15, 0.2) is 11.6 Å². The van der Waals surface area contributed by atoms with Crippen molar-refractivity contribution in [3.05, 3.63) is 35.9 Å². The van der Waals surface area contributed by atoms with Gasteiger partial charge in [-0.1, -0.05) is 0 Å². The van der Waals surface area contributed by atoms with Crippen LogP contribution in [0.2, 0.25) is 0 Å². The first-order chi connectivity index (χ1) is 16.0. The molecule has 0 spiro atoms. The van der Waals surface area contributed by atoms with Crippen molar-refractivity contribution < 1.29 is 18.3 Å². The highest BCUT2D eigenvalue weighted by Crippen LogP contribution is 2.29. The van der Waals surface area contributed by atoms with Crippen LogP contribution in [0.15, 0.2) is 35.2 Å². The van der Waals surface area contributed by atoms with Gasteiger partial charge in [-0.05, 0) is 35.9 Å². The fourth-order valence-electron chi connectivity index (χ4n) is 4.63. The third-order valence-electron chi connectivity index (χ3n) is 6.61. The Hall–Kier alpha value is -2.47. The van der Waals surface area contributed by atoms with Gasteiger partial charge in [-0.2, -0.15) is 4.31 Å². The van der Waals surface area contributed by atoms with Gasteiger partial charge in [0, 0.05) is 65.3 Å². The summed E-state index contributed by atoms with van der Waals surface area (Å²) in [6.45, 7) is 6.98. The summed E-state index contributed by atoms with van der Waals surface area (Å²) in [7, 11) is -3.53. The molecule has 2 saturated heterocycles. The van der Waals surface area contributed by atoms with Crippen molar-refractivity contribution in [2.75, 3.05) is 81.9 Å². The molecule has 3 aliphatic heterocycles. The Balaban J connectivity index is 1.18. The average Bonchev–Trinajstić information content (AvgIpc) is 3.33. The maximum atomic E-state index is 13.1. The molecule has 4 heterocycles. The predicted molar refractivity (Wildman–Crippen MR) is 124 cm³/mol. The second kappa shape index (κ2) is 9.41. The minimum atomic E-state index is -3.53. The van der Waals surface area contributed by atoms with Crippen LogP contribution in [0.25, 0.3) is 0 Å². The van der Waals surface area contributed by atoms with Crippen molar-refractivity contribution in [1.82, 2.24) is 19.4 Å². The lowest BCUT2D eigenvalue weighted by atomic mass is 10.2. The number of benzene rings is 1. The molecule has 0 radical (unpaired) electrons. The number of aromatic nitrogens is 2. The monoisotopic (exact) mass is 474 g/mol. The number of piperazine rings is 2. The molecule has 2 fully saturated rings. The van der Waals surface area contributed by atoms with Crippen LogP contribution in [0.3, 0.4) is 0 Å². The summed E-state index contributed by atoms with van der Waals surface area (Å²) in [5.41, 5.74) is 0.958. The standard InChI is InChI=1S/C22H30N6O4S/c29-15-14-25-6-8-26(9-7-25)21-3-4-22(24-23-21)27-10-12-28(13-11-27)33(30,31)19-1-2-20-18(17-19)5-16-32-20/h1-4,17,29H,5-16H2. The van der Waals surface area contributed by atoms with Crippen LogP contribution in [0.4, 0.5) is 11.6 Å². The molecule has 0 bridgehead atoms. The van der Waals surface area contributed by atoms with Crippen molar-refractivity contribution in [1.29, 1.82) is 0 Å². The van der Waals surface area contributed by atoms with Crippen LogP contribution in [-0.4, -0.2) is 105 Å². The minimum absolute atomic E-state index is 0.186. The van der Waals surface area contributed by atoms with Crippen LogP contribution in [0.5, 0.6) is 5.75 Å². The van der Waals surface area contributed by atoms with Crippen LogP contribution < -0.4 is 14.5 Å². The van der Waals surface area contributed by atoms with Crippen LogP contribution in [0.1, 0.15) is 5.56 Å². The van der Waals surface area contributed by atoms with Crippen molar-refractivity contribution in [2.24, 2.45) is 0 Å². The summed E-state index contributed by atoms with van der Waals surface area (Å²) in [5, 5.41) is 17.9. The minimum Gasteiger partial charge on any atom is -0.493 e. The van der Waals surface area contributed by atoms with E-state index in [9.17, 15) is 8.42 Å². The lowest BCUT2D eigenvalue weighted by Gasteiger charge is -2.36. The largest absolute Gasteiger partial charge is 0.493 e. The summed E-state index contributed by atoms with van der Waals surface area (Å²) in [4.78, 5) is 6.86. The Kier molecular flexibility index (Phi) is 6.37. The van der Waals surface area contributed by atoms with E-state index in [0.29, 0.717) is 44.2 Å². The number of ether oxygens (including phenoxy) is 1. The molecule has 0 aliphatic carbocycles. The first-order valence-electron chi connectivity index (χ1n) is 11.5. The molecule has 1 aromatic carbocycles. The second-order valence-corrected chi connectivity index (χ2v) is 10.5. The van der Waals surface area contributed by atoms with Gasteiger partial charge < -0.3 is 19.6 Å². The first-order valence-corrected chi connectivity index (χ1v) is 12.9. The van der Waals surface area contributed by atoms with Crippen LogP contribution in [0, 0.1) is 0 Å². The third-order valence-corrected chi connectivity index (χ3v) is 8.50. The van der Waals surface area contributed by atoms with Crippen molar-refractivity contribution in [3.8, 4) is 5.75 Å². The molecule has 11 heteroatoms. The highest BCUT2D eigenvalue weighted by molar-refractivity contribution is 7.89. The summed E-state index contributed by atoms with van der Waals surface area (Å²) >= 11 is 0. The van der Waals surface area contributed by atoms with E-state index in [-0.39, 0.29) is 6.61 Å². The molecule has 2 aromatic rings. The van der Waals surface area contributed by atoms with Gasteiger partial charge in [-0.3, -0.25) is 4.90 Å². The normalized spacial score (nSPS) is 20.0. The molecule has 0 unspecified atom stereocenters. The number of hydrogen-bond donors (Lipinski definition) is 1. The number of fused-ring (bicyclic) bond motifs is 1. The third kappa shape index (κ3) is 4.63. The van der Waals surface area contributed by atoms with E-state index in [0.717, 1.165) is 55.5 Å². The number of β-amino-alcohol motifs (C(OH)–C–C–N with tert-alkyl or cyclic N) is 1. The van der Waals surface area contributed by atoms with E-state index >= 15 is 0 Å². The Morgan fingerprint density at radius 2 is 1.52 bits per heavy atom. The number of rotatable bonds is 6. The van der Waals surface area contributed by atoms with Gasteiger partial charge in [0.1, 0.15) is 5.75 Å². The highest BCUT2D eigenvalue weighted by Gasteiger charge is 2.30. The van der Waals surface area contributed by atoms with E-state index in [1.54, 1.807) is 22.5 Å². The molecular weight excluding hydrogens is 444 g/mol. The topological polar surface area (TPSA) is 102 Å². The second-order valence-electron chi connectivity index (χ2n) is 8.56. The van der Waals surface area contributed by atoms with Crippen LogP contribution >= 0.6 is 0 Å². The molecule has 5 rings (SSSR count). The van der Waals surface area contributed by atoms with E-state index in [4.69, 9.17) is 9.84 Å². The van der Waals surface area contributed by atoms with Gasteiger partial charge in [0.2, 0.25) is 10.0 Å². The predicted octanol–water partition coefficient (Wildman–Crippen LogP) is 0.0367. The van der Waals surface area contributed by atoms with Crippen molar-refractivity contribution >= 4 is 21.7 Å². The fraction of sp³-hybridized carbons (Fsp3) is 0.545. The molecule has 3 aliphatic rings. The Morgan fingerprint density at radius 1 is 0.879 bits per heavy atom. The zero-order valence-electron chi connectivity index (χ0n) is 18.6. The number of aliphatic hydroxyl groups is 1. The summed E-state index contributed by atoms with van der Waals surface area (Å²) in [6, 6.07) is 9.10. The summed E-state index contributed by atoms with van der Waals surface area (Å²) < 4.78 is 33.3. The molecule has 0 atom stereocenters. The van der Waals surface area contributed by atoms with Gasteiger partial charge >= 0.3 is 0 Å². The molecule has 1 N–H and O–H groups in total. The van der Waals surface area contributed by atoms with Crippen molar-refractivity contribution in [2.45, 2.75) is 11.3 Å². The van der Waals surface area contributed by atoms with E-state index in [1.807, 2.05) is 12.1 Å². The molecule has 0 saturated carbocycles. The zero-order valence-corrected chi connectivity index (χ0v) is 19.5. The van der Waals surface area contributed by atoms with E-state index in [2.05, 4.69) is 24.9 Å². The zero-order chi connectivity index (χ0) is 22.8. The Labute approximate surface area is 194 Å². The molecule has 178 valence electrons. The lowest BCUT2D eigenvalue weighted by molar-refractivity contribution is 0.188. The fourth-order valence-corrected chi connectivity index (χ4v) is 6.10. The molecule has 1 aromatic heterocycles. The summed E-state index contributed by atoms with van der Waals surface area (Å²) in [6.07, 6.45) is 0.749. The first kappa shape index (κ1) is 22.3. The smallest absolute Gasteiger partial charge is 0.243 e. The number of aliphatic hydroxyl groups excluding tert-OH is 1. The maximum Gasteiger partial charge on any atom is 0.243 e. The average molecular weight is 475 g/mol. The molecule has 0 amide bonds. The Morgan fingerprint density at radius 3 is 2.12 bits per heavy atom. The number of hydrogen-bond acceptors (Lipinski definition) is 9. The highest BCUT2D eigenvalue weighted by atomic mass is 32.2. The SMILES string of the molecule is O=S(=O)(c1ccc2c(c1)CCO2)N1CCN(c2ccc(N3CCN(CCO)CC3)nn2)CC1. The van der Waals surface area contributed by atoms with E-state index < -0.39 is 10.0 Å². The van der Waals surface area contributed by atoms with Crippen molar-refractivity contribution in [3.63, 3.8) is 0 Å². The summed E-state index contributed by atoms with van der Waals surface area (Å²) in [5.74, 6) is 2.40. The number of anilines is 2. The molecule has 10 nitrogen and oxygen atoms in total. The van der Waals surface area contributed by atoms with Gasteiger partial charge in [0.05, 0.1) is 18.1 Å². The Bertz CT molecular complexity index is 1060. The molecular formula is C22H30N6O4S. The van der Waals surface area contributed by atoms with Gasteiger partial charge in [-0.15, -0.1) is 10.2 Å². The maximum absolute atomic E-state index is 13.1. The lowest BCUT2D eigenvalue weighted by Crippen LogP contribution is -2.49. The number of nitrogens with zero attached hydrogens (tertiary/aromatic N) is 6. The van der Waals surface area contributed by atoms with Gasteiger partial charge in [0.25, 0.3) is 0 Å². The van der Waals surface area contributed by atoms with E-state index in [1.165, 1.54) is 0 Å². The van der Waals surface area contributed by atoms with Crippen LogP contribution in [-0.2, 0) is 16.4 Å². The van der Waals surface area contributed by atoms with Gasteiger partial charge in [-0.25, -0.2) is 8.42 Å². The molecule has 33 heavy (non-hydrogen) atoms.